The maximum atomic E-state index is 14.6. The summed E-state index contributed by atoms with van der Waals surface area (Å²) in [5, 5.41) is 12.0. The molecule has 35 heavy (non-hydrogen) atoms. The molecule has 3 aromatic rings. The van der Waals surface area contributed by atoms with E-state index in [1.54, 1.807) is 18.2 Å². The summed E-state index contributed by atoms with van der Waals surface area (Å²) in [6, 6.07) is 6.18. The van der Waals surface area contributed by atoms with Crippen LogP contribution in [0.25, 0.3) is 17.1 Å². The summed E-state index contributed by atoms with van der Waals surface area (Å²) in [7, 11) is -1.32. The molecule has 0 aliphatic carbocycles. The van der Waals surface area contributed by atoms with Gasteiger partial charge in [-0.05, 0) is 34.5 Å². The number of aromatic nitrogens is 4. The van der Waals surface area contributed by atoms with Crippen LogP contribution >= 0.6 is 15.9 Å². The zero-order chi connectivity index (χ0) is 25.3. The van der Waals surface area contributed by atoms with Gasteiger partial charge in [-0.3, -0.25) is 0 Å². The van der Waals surface area contributed by atoms with Gasteiger partial charge in [0.1, 0.15) is 35.5 Å². The number of imidazole rings is 1. The van der Waals surface area contributed by atoms with Crippen molar-refractivity contribution in [3.8, 4) is 23.1 Å². The molecule has 3 heterocycles. The van der Waals surface area contributed by atoms with Gasteiger partial charge in [-0.25, -0.2) is 27.9 Å². The zero-order valence-electron chi connectivity index (χ0n) is 18.1. The first kappa shape index (κ1) is 25.2. The third kappa shape index (κ3) is 5.36. The second-order valence-electron chi connectivity index (χ2n) is 7.74. The van der Waals surface area contributed by atoms with E-state index in [-0.39, 0.29) is 24.6 Å². The van der Waals surface area contributed by atoms with Crippen molar-refractivity contribution in [1.29, 1.82) is 5.26 Å². The average molecular weight is 572 g/mol. The van der Waals surface area contributed by atoms with Gasteiger partial charge in [0.05, 0.1) is 32.8 Å². The number of alkyl halides is 4. The van der Waals surface area contributed by atoms with Crippen molar-refractivity contribution in [1.82, 2.24) is 23.8 Å². The van der Waals surface area contributed by atoms with Crippen LogP contribution in [0.5, 0.6) is 0 Å². The van der Waals surface area contributed by atoms with Gasteiger partial charge in [0.2, 0.25) is 5.95 Å². The number of nitrogens with zero attached hydrogens (tertiary/aromatic N) is 6. The Labute approximate surface area is 208 Å². The van der Waals surface area contributed by atoms with Crippen LogP contribution in [0.4, 0.5) is 23.5 Å². The highest BCUT2D eigenvalue weighted by molar-refractivity contribution is 9.10. The van der Waals surface area contributed by atoms with E-state index in [9.17, 15) is 27.0 Å². The number of benzene rings is 1. The van der Waals surface area contributed by atoms with Gasteiger partial charge in [-0.1, -0.05) is 6.07 Å². The number of nitrogens with one attached hydrogen (secondary N) is 1. The Morgan fingerprint density at radius 2 is 2.09 bits per heavy atom. The monoisotopic (exact) mass is 571 g/mol. The predicted octanol–water partition coefficient (Wildman–Crippen LogP) is 4.10. The molecule has 184 valence electrons. The third-order valence-electron chi connectivity index (χ3n) is 5.48. The molecular weight excluding hydrogens is 554 g/mol. The molecule has 0 radical (unpaired) electrons. The number of hydrogen-bond acceptors (Lipinski definition) is 6. The van der Waals surface area contributed by atoms with Crippen LogP contribution in [0.1, 0.15) is 17.5 Å². The van der Waals surface area contributed by atoms with Crippen LogP contribution in [0.2, 0.25) is 0 Å². The fraction of sp³-hybridized carbons (Fsp3) is 0.333. The van der Waals surface area contributed by atoms with E-state index in [0.717, 1.165) is 0 Å². The standard InChI is InChI=1S/C21H18BrF4N7OS/c1-35(34)33-6-5-15(14(23)9-33)30-20-28-8-13(21(24,25)26)19(31-20)16-10-32(11-29-16)17-4-2-3-12(7-27)18(17)22/h2-4,8,10-11,14-15H,5-6,9H2,1H3,(H,28,30,31). The van der Waals surface area contributed by atoms with Crippen LogP contribution in [-0.2, 0) is 17.2 Å². The Morgan fingerprint density at radius 3 is 2.74 bits per heavy atom. The molecule has 8 nitrogen and oxygen atoms in total. The third-order valence-corrected chi connectivity index (χ3v) is 7.37. The number of nitriles is 1. The van der Waals surface area contributed by atoms with Gasteiger partial charge in [0.15, 0.2) is 0 Å². The van der Waals surface area contributed by atoms with Crippen molar-refractivity contribution in [2.75, 3.05) is 24.7 Å². The number of halogens is 5. The molecule has 3 atom stereocenters. The lowest BCUT2D eigenvalue weighted by Gasteiger charge is -2.33. The highest BCUT2D eigenvalue weighted by Crippen LogP contribution is 2.36. The zero-order valence-corrected chi connectivity index (χ0v) is 20.5. The van der Waals surface area contributed by atoms with Crippen molar-refractivity contribution < 1.29 is 21.8 Å². The summed E-state index contributed by atoms with van der Waals surface area (Å²) in [6.45, 7) is 0.283. The lowest BCUT2D eigenvalue weighted by atomic mass is 10.1. The largest absolute Gasteiger partial charge is 0.420 e. The quantitative estimate of drug-likeness (QED) is 0.463. The highest BCUT2D eigenvalue weighted by atomic mass is 79.9. The van der Waals surface area contributed by atoms with E-state index in [1.165, 1.54) is 27.7 Å². The minimum absolute atomic E-state index is 0.0741. The Bertz CT molecular complexity index is 1310. The summed E-state index contributed by atoms with van der Waals surface area (Å²) >= 11 is 3.33. The first-order chi connectivity index (χ1) is 16.6. The van der Waals surface area contributed by atoms with E-state index in [2.05, 4.69) is 36.2 Å². The predicted molar refractivity (Wildman–Crippen MR) is 125 cm³/mol. The highest BCUT2D eigenvalue weighted by Gasteiger charge is 2.37. The van der Waals surface area contributed by atoms with E-state index in [1.807, 2.05) is 6.07 Å². The molecule has 0 spiro atoms. The first-order valence-corrected chi connectivity index (χ1v) is 12.6. The van der Waals surface area contributed by atoms with Crippen LogP contribution in [-0.4, -0.2) is 59.6 Å². The molecule has 1 saturated heterocycles. The smallest absolute Gasteiger partial charge is 0.348 e. The van der Waals surface area contributed by atoms with Gasteiger partial charge in [0.25, 0.3) is 0 Å². The van der Waals surface area contributed by atoms with E-state index in [4.69, 9.17) is 0 Å². The number of piperidine rings is 1. The molecule has 0 amide bonds. The Kier molecular flexibility index (Phi) is 7.20. The molecule has 1 aliphatic rings. The van der Waals surface area contributed by atoms with Crippen molar-refractivity contribution in [2.45, 2.75) is 24.8 Å². The Hall–Kier alpha value is -2.89. The normalized spacial score (nSPS) is 19.8. The fourth-order valence-electron chi connectivity index (χ4n) is 3.68. The number of anilines is 1. The fourth-order valence-corrected chi connectivity index (χ4v) is 4.95. The molecule has 1 aromatic carbocycles. The van der Waals surface area contributed by atoms with E-state index in [0.29, 0.717) is 28.5 Å². The van der Waals surface area contributed by atoms with Crippen molar-refractivity contribution >= 4 is 32.9 Å². The molecule has 0 bridgehead atoms. The summed E-state index contributed by atoms with van der Waals surface area (Å²) in [4.78, 5) is 11.9. The SMILES string of the molecule is CS(=O)N1CCC(Nc2ncc(C(F)(F)F)c(-c3cn(-c4cccc(C#N)c4Br)cn3)n2)C(F)C1. The number of rotatable bonds is 5. The maximum absolute atomic E-state index is 14.6. The van der Waals surface area contributed by atoms with Gasteiger partial charge in [0, 0.05) is 31.7 Å². The van der Waals surface area contributed by atoms with Gasteiger partial charge >= 0.3 is 6.18 Å². The maximum Gasteiger partial charge on any atom is 0.420 e. The van der Waals surface area contributed by atoms with Gasteiger partial charge < -0.3 is 9.88 Å². The van der Waals surface area contributed by atoms with E-state index >= 15 is 0 Å². The topological polar surface area (TPSA) is 99.7 Å². The van der Waals surface area contributed by atoms with Crippen molar-refractivity contribution in [3.63, 3.8) is 0 Å². The summed E-state index contributed by atoms with van der Waals surface area (Å²) in [5.41, 5.74) is -0.787. The molecule has 2 aromatic heterocycles. The van der Waals surface area contributed by atoms with Crippen LogP contribution in [0, 0.1) is 11.3 Å². The molecule has 1 fully saturated rings. The molecule has 14 heteroatoms. The lowest BCUT2D eigenvalue weighted by molar-refractivity contribution is -0.137. The molecule has 4 rings (SSSR count). The lowest BCUT2D eigenvalue weighted by Crippen LogP contribution is -2.48. The molecule has 3 unspecified atom stereocenters. The van der Waals surface area contributed by atoms with E-state index < -0.39 is 40.6 Å². The van der Waals surface area contributed by atoms with Crippen LogP contribution < -0.4 is 5.32 Å². The molecule has 1 N–H and O–H groups in total. The summed E-state index contributed by atoms with van der Waals surface area (Å²) in [5.74, 6) is -0.172. The van der Waals surface area contributed by atoms with Crippen LogP contribution in [0.3, 0.4) is 0 Å². The van der Waals surface area contributed by atoms with Crippen molar-refractivity contribution in [2.24, 2.45) is 0 Å². The average Bonchev–Trinajstić information content (AvgIpc) is 3.29. The minimum Gasteiger partial charge on any atom is -0.348 e. The molecule has 0 saturated carbocycles. The summed E-state index contributed by atoms with van der Waals surface area (Å²) in [6.07, 6.45) is -1.12. The van der Waals surface area contributed by atoms with Crippen molar-refractivity contribution in [3.05, 3.63) is 52.5 Å². The minimum atomic E-state index is -4.75. The van der Waals surface area contributed by atoms with Gasteiger partial charge in [-0.15, -0.1) is 0 Å². The Balaban J connectivity index is 1.67. The molecular formula is C21H18BrF4N7OS. The van der Waals surface area contributed by atoms with Crippen LogP contribution in [0.15, 0.2) is 41.4 Å². The second kappa shape index (κ2) is 10.00. The summed E-state index contributed by atoms with van der Waals surface area (Å²) < 4.78 is 70.8. The second-order valence-corrected chi connectivity index (χ2v) is 9.89. The number of hydrogen-bond donors (Lipinski definition) is 1. The molecule has 1 aliphatic heterocycles. The first-order valence-electron chi connectivity index (χ1n) is 10.2. The van der Waals surface area contributed by atoms with Gasteiger partial charge in [-0.2, -0.15) is 18.4 Å². The Morgan fingerprint density at radius 1 is 1.31 bits per heavy atom.